The minimum atomic E-state index is -0.326. The van der Waals surface area contributed by atoms with Gasteiger partial charge in [0.05, 0.1) is 4.92 Å². The van der Waals surface area contributed by atoms with Crippen molar-refractivity contribution in [2.45, 2.75) is 25.8 Å². The van der Waals surface area contributed by atoms with Crippen LogP contribution in [-0.2, 0) is 0 Å². The molecule has 0 amide bonds. The van der Waals surface area contributed by atoms with E-state index >= 15 is 0 Å². The Morgan fingerprint density at radius 3 is 2.48 bits per heavy atom. The Balaban J connectivity index is 1.88. The summed E-state index contributed by atoms with van der Waals surface area (Å²) in [6.07, 6.45) is 2.36. The van der Waals surface area contributed by atoms with Crippen molar-refractivity contribution < 1.29 is 4.92 Å². The third-order valence-electron chi connectivity index (χ3n) is 4.32. The first kappa shape index (κ1) is 15.3. The largest absolute Gasteiger partial charge is 0.373 e. The lowest BCUT2D eigenvalue weighted by Crippen LogP contribution is -2.18. The third-order valence-corrected chi connectivity index (χ3v) is 4.32. The quantitative estimate of drug-likeness (QED) is 0.658. The van der Waals surface area contributed by atoms with Crippen LogP contribution in [0.15, 0.2) is 48.5 Å². The first-order valence-electron chi connectivity index (χ1n) is 8.00. The van der Waals surface area contributed by atoms with Crippen molar-refractivity contribution >= 4 is 17.1 Å². The molecule has 3 rings (SSSR count). The van der Waals surface area contributed by atoms with Gasteiger partial charge in [0.15, 0.2) is 0 Å². The fraction of sp³-hybridized carbons (Fsp3) is 0.333. The van der Waals surface area contributed by atoms with Gasteiger partial charge in [0, 0.05) is 30.9 Å². The molecule has 120 valence electrons. The van der Waals surface area contributed by atoms with E-state index in [9.17, 15) is 10.1 Å². The summed E-state index contributed by atoms with van der Waals surface area (Å²) in [7, 11) is 0. The van der Waals surface area contributed by atoms with Gasteiger partial charge in [-0.3, -0.25) is 10.1 Å². The van der Waals surface area contributed by atoms with Crippen LogP contribution in [0, 0.1) is 10.1 Å². The van der Waals surface area contributed by atoms with E-state index in [-0.39, 0.29) is 16.7 Å². The third kappa shape index (κ3) is 3.44. The van der Waals surface area contributed by atoms with Crippen molar-refractivity contribution in [1.82, 2.24) is 0 Å². The van der Waals surface area contributed by atoms with Gasteiger partial charge in [0.25, 0.3) is 5.69 Å². The number of nitrogens with one attached hydrogen (secondary N) is 1. The minimum absolute atomic E-state index is 0.00345. The molecule has 1 N–H and O–H groups in total. The molecule has 2 aromatic carbocycles. The molecule has 1 aliphatic rings. The second kappa shape index (κ2) is 6.69. The normalized spacial score (nSPS) is 15.4. The van der Waals surface area contributed by atoms with Crippen LogP contribution in [0.5, 0.6) is 0 Å². The summed E-state index contributed by atoms with van der Waals surface area (Å²) >= 11 is 0. The molecule has 0 aliphatic carbocycles. The molecule has 5 nitrogen and oxygen atoms in total. The number of hydrogen-bond donors (Lipinski definition) is 1. The highest BCUT2D eigenvalue weighted by atomic mass is 16.6. The Kier molecular flexibility index (Phi) is 4.46. The number of nitro benzene ring substituents is 1. The van der Waals surface area contributed by atoms with Gasteiger partial charge in [-0.25, -0.2) is 0 Å². The molecular formula is C18H21N3O2. The monoisotopic (exact) mass is 311 g/mol. The summed E-state index contributed by atoms with van der Waals surface area (Å²) in [5, 5.41) is 14.6. The van der Waals surface area contributed by atoms with E-state index in [1.165, 1.54) is 12.8 Å². The maximum absolute atomic E-state index is 11.3. The first-order valence-corrected chi connectivity index (χ1v) is 8.00. The fourth-order valence-corrected chi connectivity index (χ4v) is 3.03. The van der Waals surface area contributed by atoms with E-state index in [0.717, 1.165) is 24.3 Å². The molecule has 0 radical (unpaired) electrons. The standard InChI is InChI=1S/C18H21N3O2/c1-14(15-7-3-2-4-8-15)19-17-13-16(20-11-5-6-12-20)9-10-18(17)21(22)23/h2-4,7-10,13-14,19H,5-6,11-12H2,1H3/t14-/m0/s1. The van der Waals surface area contributed by atoms with E-state index in [2.05, 4.69) is 10.2 Å². The van der Waals surface area contributed by atoms with E-state index in [1.807, 2.05) is 49.4 Å². The number of nitrogens with zero attached hydrogens (tertiary/aromatic N) is 2. The van der Waals surface area contributed by atoms with Gasteiger partial charge >= 0.3 is 0 Å². The van der Waals surface area contributed by atoms with Gasteiger partial charge in [0.1, 0.15) is 5.69 Å². The average Bonchev–Trinajstić information content (AvgIpc) is 3.10. The van der Waals surface area contributed by atoms with E-state index in [1.54, 1.807) is 6.07 Å². The molecule has 1 aliphatic heterocycles. The predicted octanol–water partition coefficient (Wildman–Crippen LogP) is 4.37. The van der Waals surface area contributed by atoms with Crippen LogP contribution in [0.1, 0.15) is 31.4 Å². The highest BCUT2D eigenvalue weighted by Crippen LogP contribution is 2.33. The minimum Gasteiger partial charge on any atom is -0.373 e. The van der Waals surface area contributed by atoms with Crippen molar-refractivity contribution in [3.05, 3.63) is 64.2 Å². The summed E-state index contributed by atoms with van der Waals surface area (Å²) in [6.45, 7) is 4.05. The number of nitro groups is 1. The Morgan fingerprint density at radius 1 is 1.13 bits per heavy atom. The lowest BCUT2D eigenvalue weighted by atomic mass is 10.1. The van der Waals surface area contributed by atoms with Gasteiger partial charge in [-0.1, -0.05) is 30.3 Å². The van der Waals surface area contributed by atoms with E-state index < -0.39 is 0 Å². The highest BCUT2D eigenvalue weighted by Gasteiger charge is 2.20. The first-order chi connectivity index (χ1) is 11.1. The Morgan fingerprint density at radius 2 is 1.83 bits per heavy atom. The predicted molar refractivity (Wildman–Crippen MR) is 93.0 cm³/mol. The molecule has 1 fully saturated rings. The van der Waals surface area contributed by atoms with Crippen molar-refractivity contribution in [1.29, 1.82) is 0 Å². The van der Waals surface area contributed by atoms with Gasteiger partial charge in [0.2, 0.25) is 0 Å². The molecule has 1 saturated heterocycles. The Bertz CT molecular complexity index is 682. The summed E-state index contributed by atoms with van der Waals surface area (Å²) < 4.78 is 0. The molecule has 5 heteroatoms. The summed E-state index contributed by atoms with van der Waals surface area (Å²) in [5.74, 6) is 0. The second-order valence-corrected chi connectivity index (χ2v) is 5.93. The zero-order valence-corrected chi connectivity index (χ0v) is 13.2. The van der Waals surface area contributed by atoms with Gasteiger partial charge in [-0.05, 0) is 37.5 Å². The Labute approximate surface area is 136 Å². The summed E-state index contributed by atoms with van der Waals surface area (Å²) in [6, 6.07) is 15.3. The lowest BCUT2D eigenvalue weighted by molar-refractivity contribution is -0.384. The van der Waals surface area contributed by atoms with Crippen LogP contribution in [0.2, 0.25) is 0 Å². The topological polar surface area (TPSA) is 58.4 Å². The van der Waals surface area contributed by atoms with Gasteiger partial charge in [-0.2, -0.15) is 0 Å². The van der Waals surface area contributed by atoms with Crippen molar-refractivity contribution in [2.75, 3.05) is 23.3 Å². The van der Waals surface area contributed by atoms with Crippen LogP contribution in [-0.4, -0.2) is 18.0 Å². The molecule has 0 aromatic heterocycles. The molecule has 1 heterocycles. The zero-order valence-electron chi connectivity index (χ0n) is 13.2. The fourth-order valence-electron chi connectivity index (χ4n) is 3.03. The van der Waals surface area contributed by atoms with Crippen molar-refractivity contribution in [3.63, 3.8) is 0 Å². The number of rotatable bonds is 5. The summed E-state index contributed by atoms with van der Waals surface area (Å²) in [4.78, 5) is 13.3. The number of anilines is 2. The number of hydrogen-bond acceptors (Lipinski definition) is 4. The molecule has 0 bridgehead atoms. The molecule has 0 unspecified atom stereocenters. The SMILES string of the molecule is C[C@H](Nc1cc(N2CCCC2)ccc1[N+](=O)[O-])c1ccccc1. The van der Waals surface area contributed by atoms with Crippen LogP contribution in [0.25, 0.3) is 0 Å². The summed E-state index contributed by atoms with van der Waals surface area (Å²) in [5.41, 5.74) is 2.86. The Hall–Kier alpha value is -2.56. The second-order valence-electron chi connectivity index (χ2n) is 5.93. The van der Waals surface area contributed by atoms with Crippen molar-refractivity contribution in [3.8, 4) is 0 Å². The maximum atomic E-state index is 11.3. The average molecular weight is 311 g/mol. The van der Waals surface area contributed by atoms with Gasteiger partial charge in [-0.15, -0.1) is 0 Å². The molecule has 0 saturated carbocycles. The number of benzene rings is 2. The van der Waals surface area contributed by atoms with Crippen LogP contribution >= 0.6 is 0 Å². The molecule has 2 aromatic rings. The van der Waals surface area contributed by atoms with Crippen molar-refractivity contribution in [2.24, 2.45) is 0 Å². The maximum Gasteiger partial charge on any atom is 0.292 e. The van der Waals surface area contributed by atoms with Gasteiger partial charge < -0.3 is 10.2 Å². The lowest BCUT2D eigenvalue weighted by Gasteiger charge is -2.20. The van der Waals surface area contributed by atoms with Crippen LogP contribution in [0.3, 0.4) is 0 Å². The molecule has 0 spiro atoms. The molecule has 1 atom stereocenters. The smallest absolute Gasteiger partial charge is 0.292 e. The van der Waals surface area contributed by atoms with Crippen LogP contribution < -0.4 is 10.2 Å². The molecule has 23 heavy (non-hydrogen) atoms. The van der Waals surface area contributed by atoms with E-state index in [4.69, 9.17) is 0 Å². The zero-order chi connectivity index (χ0) is 16.2. The highest BCUT2D eigenvalue weighted by molar-refractivity contribution is 5.69. The van der Waals surface area contributed by atoms with Crippen LogP contribution in [0.4, 0.5) is 17.1 Å². The van der Waals surface area contributed by atoms with E-state index in [0.29, 0.717) is 5.69 Å². The molecular weight excluding hydrogens is 290 g/mol.